The first-order valence-corrected chi connectivity index (χ1v) is 9.39. The van der Waals surface area contributed by atoms with Gasteiger partial charge in [0.15, 0.2) is 0 Å². The van der Waals surface area contributed by atoms with Gasteiger partial charge in [-0.25, -0.2) is 17.5 Å². The number of benzene rings is 1. The van der Waals surface area contributed by atoms with Crippen LogP contribution in [-0.2, 0) is 16.4 Å². The van der Waals surface area contributed by atoms with Crippen LogP contribution in [0, 0.1) is 25.6 Å². The summed E-state index contributed by atoms with van der Waals surface area (Å²) in [6, 6.07) is 3.63. The second-order valence-electron chi connectivity index (χ2n) is 6.33. The summed E-state index contributed by atoms with van der Waals surface area (Å²) in [5.74, 6) is 0.854. The highest BCUT2D eigenvalue weighted by atomic mass is 32.2. The van der Waals surface area contributed by atoms with E-state index in [9.17, 15) is 12.8 Å². The molecule has 0 aliphatic heterocycles. The number of nitrogens with one attached hydrogen (secondary N) is 1. The van der Waals surface area contributed by atoms with E-state index < -0.39 is 15.8 Å². The molecule has 130 valence electrons. The van der Waals surface area contributed by atoms with Crippen LogP contribution in [0.2, 0.25) is 0 Å². The van der Waals surface area contributed by atoms with Crippen LogP contribution >= 0.6 is 0 Å². The van der Waals surface area contributed by atoms with Crippen LogP contribution in [0.15, 0.2) is 27.5 Å². The summed E-state index contributed by atoms with van der Waals surface area (Å²) >= 11 is 0. The fourth-order valence-electron chi connectivity index (χ4n) is 3.18. The van der Waals surface area contributed by atoms with Gasteiger partial charge >= 0.3 is 0 Å². The summed E-state index contributed by atoms with van der Waals surface area (Å²) < 4.78 is 46.5. The molecule has 2 atom stereocenters. The predicted molar refractivity (Wildman–Crippen MR) is 85.3 cm³/mol. The maximum atomic E-state index is 13.4. The zero-order valence-corrected chi connectivity index (χ0v) is 14.4. The number of hydrogen-bond acceptors (Lipinski definition) is 5. The molecule has 1 aliphatic rings. The fourth-order valence-corrected chi connectivity index (χ4v) is 4.72. The Morgan fingerprint density at radius 1 is 1.29 bits per heavy atom. The van der Waals surface area contributed by atoms with Gasteiger partial charge in [0.05, 0.1) is 4.90 Å². The summed E-state index contributed by atoms with van der Waals surface area (Å²) in [5.41, 5.74) is 0.528. The van der Waals surface area contributed by atoms with Crippen molar-refractivity contribution >= 4 is 10.0 Å². The van der Waals surface area contributed by atoms with Gasteiger partial charge in [0.2, 0.25) is 21.8 Å². The molecule has 0 unspecified atom stereocenters. The van der Waals surface area contributed by atoms with Gasteiger partial charge in [-0.1, -0.05) is 6.07 Å². The maximum Gasteiger partial charge on any atom is 0.241 e. The van der Waals surface area contributed by atoms with Crippen molar-refractivity contribution in [3.8, 4) is 0 Å². The minimum atomic E-state index is -3.73. The molecule has 0 amide bonds. The molecule has 0 spiro atoms. The molecule has 8 heteroatoms. The number of aryl methyl sites for hydroxylation is 2. The van der Waals surface area contributed by atoms with E-state index in [-0.39, 0.29) is 10.9 Å². The van der Waals surface area contributed by atoms with E-state index in [0.29, 0.717) is 36.1 Å². The van der Waals surface area contributed by atoms with Crippen molar-refractivity contribution in [2.45, 2.75) is 50.5 Å². The average Bonchev–Trinajstić information content (AvgIpc) is 3.10. The highest BCUT2D eigenvalue weighted by Gasteiger charge is 2.30. The van der Waals surface area contributed by atoms with Crippen molar-refractivity contribution in [3.63, 3.8) is 0 Å². The van der Waals surface area contributed by atoms with Gasteiger partial charge in [-0.15, -0.1) is 10.2 Å². The number of aromatic nitrogens is 2. The maximum absolute atomic E-state index is 13.4. The van der Waals surface area contributed by atoms with Crippen LogP contribution in [0.3, 0.4) is 0 Å². The summed E-state index contributed by atoms with van der Waals surface area (Å²) in [4.78, 5) is -0.00141. The topological polar surface area (TPSA) is 85.1 Å². The molecule has 0 bridgehead atoms. The molecular weight excluding hydrogens is 333 g/mol. The molecule has 0 radical (unpaired) electrons. The van der Waals surface area contributed by atoms with Crippen LogP contribution in [0.5, 0.6) is 0 Å². The first-order valence-electron chi connectivity index (χ1n) is 7.91. The highest BCUT2D eigenvalue weighted by Crippen LogP contribution is 2.30. The lowest BCUT2D eigenvalue weighted by molar-refractivity contribution is 0.413. The van der Waals surface area contributed by atoms with Gasteiger partial charge in [0.1, 0.15) is 5.82 Å². The van der Waals surface area contributed by atoms with Crippen LogP contribution in [0.4, 0.5) is 4.39 Å². The molecule has 1 fully saturated rings. The molecule has 1 saturated carbocycles. The lowest BCUT2D eigenvalue weighted by Gasteiger charge is -2.15. The molecular formula is C16H20FN3O3S. The minimum absolute atomic E-state index is 0.00141. The van der Waals surface area contributed by atoms with Gasteiger partial charge in [-0.3, -0.25) is 0 Å². The van der Waals surface area contributed by atoms with Gasteiger partial charge in [0, 0.05) is 19.4 Å². The smallest absolute Gasteiger partial charge is 0.241 e. The third kappa shape index (κ3) is 3.81. The van der Waals surface area contributed by atoms with Crippen molar-refractivity contribution in [2.75, 3.05) is 0 Å². The third-order valence-corrected chi connectivity index (χ3v) is 6.00. The van der Waals surface area contributed by atoms with E-state index in [4.69, 9.17) is 4.42 Å². The highest BCUT2D eigenvalue weighted by molar-refractivity contribution is 7.89. The Kier molecular flexibility index (Phi) is 4.69. The molecule has 24 heavy (non-hydrogen) atoms. The molecule has 6 nitrogen and oxygen atoms in total. The van der Waals surface area contributed by atoms with Crippen LogP contribution in [-0.4, -0.2) is 24.7 Å². The van der Waals surface area contributed by atoms with E-state index in [0.717, 1.165) is 18.9 Å². The van der Waals surface area contributed by atoms with E-state index in [2.05, 4.69) is 14.9 Å². The number of rotatable bonds is 5. The van der Waals surface area contributed by atoms with E-state index in [1.807, 2.05) is 0 Å². The lowest BCUT2D eigenvalue weighted by Crippen LogP contribution is -2.33. The number of hydrogen-bond donors (Lipinski definition) is 1. The Morgan fingerprint density at radius 3 is 2.79 bits per heavy atom. The standard InChI is InChI=1S/C16H20FN3O3S/c1-10-3-5-13(17)9-15(10)24(21,22)20-14-6-4-12(7-14)8-16-19-18-11(2)23-16/h3,5,9,12,14,20H,4,6-8H2,1-2H3/t12-,14+/m1/s1. The molecule has 2 aromatic rings. The minimum Gasteiger partial charge on any atom is -0.426 e. The van der Waals surface area contributed by atoms with Crippen molar-refractivity contribution in [2.24, 2.45) is 5.92 Å². The zero-order valence-electron chi connectivity index (χ0n) is 13.6. The van der Waals surface area contributed by atoms with Gasteiger partial charge in [-0.2, -0.15) is 0 Å². The molecule has 1 N–H and O–H groups in total. The van der Waals surface area contributed by atoms with Crippen LogP contribution < -0.4 is 4.72 Å². The van der Waals surface area contributed by atoms with Crippen molar-refractivity contribution in [3.05, 3.63) is 41.4 Å². The predicted octanol–water partition coefficient (Wildman–Crippen LogP) is 2.52. The summed E-state index contributed by atoms with van der Waals surface area (Å²) in [6.45, 7) is 3.40. The average molecular weight is 353 g/mol. The number of nitrogens with zero attached hydrogens (tertiary/aromatic N) is 2. The van der Waals surface area contributed by atoms with E-state index >= 15 is 0 Å². The molecule has 1 aliphatic carbocycles. The van der Waals surface area contributed by atoms with Crippen LogP contribution in [0.25, 0.3) is 0 Å². The Hall–Kier alpha value is -1.80. The van der Waals surface area contributed by atoms with E-state index in [1.165, 1.54) is 12.1 Å². The molecule has 1 aromatic carbocycles. The van der Waals surface area contributed by atoms with Crippen LogP contribution in [0.1, 0.15) is 36.6 Å². The van der Waals surface area contributed by atoms with Gasteiger partial charge in [-0.05, 0) is 49.8 Å². The fraction of sp³-hybridized carbons (Fsp3) is 0.500. The quantitative estimate of drug-likeness (QED) is 0.893. The first kappa shape index (κ1) is 17.0. The monoisotopic (exact) mass is 353 g/mol. The Balaban J connectivity index is 1.65. The Labute approximate surface area is 140 Å². The normalized spacial score (nSPS) is 21.3. The van der Waals surface area contributed by atoms with Gasteiger partial charge < -0.3 is 4.42 Å². The molecule has 1 aromatic heterocycles. The molecule has 0 saturated heterocycles. The zero-order chi connectivity index (χ0) is 17.3. The summed E-state index contributed by atoms with van der Waals surface area (Å²) in [5, 5.41) is 7.78. The second kappa shape index (κ2) is 6.60. The first-order chi connectivity index (χ1) is 11.3. The summed E-state index contributed by atoms with van der Waals surface area (Å²) in [6.07, 6.45) is 2.98. The molecule has 3 rings (SSSR count). The summed E-state index contributed by atoms with van der Waals surface area (Å²) in [7, 11) is -3.73. The van der Waals surface area contributed by atoms with E-state index in [1.54, 1.807) is 13.8 Å². The third-order valence-electron chi connectivity index (χ3n) is 4.33. The van der Waals surface area contributed by atoms with Crippen molar-refractivity contribution in [1.82, 2.24) is 14.9 Å². The lowest BCUT2D eigenvalue weighted by atomic mass is 10.0. The second-order valence-corrected chi connectivity index (χ2v) is 8.01. The Bertz CT molecular complexity index is 835. The number of sulfonamides is 1. The Morgan fingerprint density at radius 2 is 2.08 bits per heavy atom. The largest absolute Gasteiger partial charge is 0.426 e. The van der Waals surface area contributed by atoms with Gasteiger partial charge in [0.25, 0.3) is 0 Å². The molecule has 1 heterocycles. The van der Waals surface area contributed by atoms with Crippen molar-refractivity contribution in [1.29, 1.82) is 0 Å². The number of halogens is 1. The van der Waals surface area contributed by atoms with Crippen molar-refractivity contribution < 1.29 is 17.2 Å². The SMILES string of the molecule is Cc1nnc(C[C@@H]2CC[C@H](NS(=O)(=O)c3cc(F)ccc3C)C2)o1.